The van der Waals surface area contributed by atoms with E-state index < -0.39 is 6.09 Å². The number of carbonyl (C=O) groups is 1. The first-order valence-electron chi connectivity index (χ1n) is 11.4. The highest BCUT2D eigenvalue weighted by Crippen LogP contribution is 2.48. The molecule has 2 aliphatic carbocycles. The van der Waals surface area contributed by atoms with Gasteiger partial charge in [0.05, 0.1) is 23.2 Å². The van der Waals surface area contributed by atoms with Gasteiger partial charge in [-0.3, -0.25) is 10.3 Å². The Labute approximate surface area is 208 Å². The Morgan fingerprint density at radius 3 is 2.71 bits per heavy atom. The van der Waals surface area contributed by atoms with Crippen molar-refractivity contribution in [3.8, 4) is 11.1 Å². The quantitative estimate of drug-likeness (QED) is 0.375. The molecule has 2 aromatic carbocycles. The highest BCUT2D eigenvalue weighted by Gasteiger charge is 2.30. The minimum atomic E-state index is -0.568. The molecular weight excluding hydrogens is 469 g/mol. The molecule has 1 atom stereocenters. The molecule has 1 saturated carbocycles. The minimum Gasteiger partial charge on any atom is -0.449 e. The largest absolute Gasteiger partial charge is 0.449 e. The molecule has 0 saturated heterocycles. The number of carbonyl (C=O) groups excluding carboxylic acids is 1. The van der Waals surface area contributed by atoms with E-state index >= 15 is 0 Å². The fraction of sp³-hybridized carbons (Fsp3) is 0.296. The third-order valence-electron chi connectivity index (χ3n) is 6.76. The van der Waals surface area contributed by atoms with Crippen LogP contribution < -0.4 is 5.32 Å². The lowest BCUT2D eigenvalue weighted by atomic mass is 9.76. The van der Waals surface area contributed by atoms with Crippen LogP contribution in [0, 0.1) is 12.5 Å². The van der Waals surface area contributed by atoms with Crippen molar-refractivity contribution in [1.29, 1.82) is 0 Å². The summed E-state index contributed by atoms with van der Waals surface area (Å²) in [5.74, 6) is 0.703. The molecule has 7 heteroatoms. The van der Waals surface area contributed by atoms with E-state index in [0.29, 0.717) is 34.7 Å². The summed E-state index contributed by atoms with van der Waals surface area (Å²) in [4.78, 5) is 20.7. The number of benzene rings is 2. The number of aromatic nitrogens is 1. The molecule has 1 fully saturated rings. The van der Waals surface area contributed by atoms with E-state index in [1.165, 1.54) is 12.8 Å². The normalized spacial score (nSPS) is 16.9. The van der Waals surface area contributed by atoms with Crippen molar-refractivity contribution >= 4 is 40.8 Å². The summed E-state index contributed by atoms with van der Waals surface area (Å²) in [5.41, 5.74) is 5.19. The van der Waals surface area contributed by atoms with Crippen molar-refractivity contribution in [2.75, 3.05) is 11.9 Å². The van der Waals surface area contributed by atoms with Crippen molar-refractivity contribution in [3.63, 3.8) is 0 Å². The molecule has 2 aliphatic rings. The van der Waals surface area contributed by atoms with E-state index in [1.54, 1.807) is 6.20 Å². The van der Waals surface area contributed by atoms with Gasteiger partial charge in [-0.15, -0.1) is 0 Å². The molecule has 1 heterocycles. The molecule has 1 aromatic heterocycles. The highest BCUT2D eigenvalue weighted by molar-refractivity contribution is 6.42. The SMILES string of the molecule is [C-]#[N+]c1c(NC(=O)OCC2CCCC2)ncc2c1-c1ccccc1C(c1ccc(Cl)c(Cl)c1)C2. The Morgan fingerprint density at radius 2 is 1.94 bits per heavy atom. The van der Waals surface area contributed by atoms with Gasteiger partial charge in [-0.2, -0.15) is 0 Å². The smallest absolute Gasteiger partial charge is 0.411 e. The summed E-state index contributed by atoms with van der Waals surface area (Å²) in [5, 5.41) is 3.73. The first-order valence-corrected chi connectivity index (χ1v) is 12.2. The average molecular weight is 492 g/mol. The Hall–Kier alpha value is -3.07. The summed E-state index contributed by atoms with van der Waals surface area (Å²) in [6, 6.07) is 13.7. The number of nitrogens with one attached hydrogen (secondary N) is 1. The third kappa shape index (κ3) is 4.36. The fourth-order valence-corrected chi connectivity index (χ4v) is 5.39. The molecule has 172 valence electrons. The van der Waals surface area contributed by atoms with E-state index in [0.717, 1.165) is 40.7 Å². The molecule has 5 nitrogen and oxygen atoms in total. The summed E-state index contributed by atoms with van der Waals surface area (Å²) < 4.78 is 5.42. The number of rotatable bonds is 4. The summed E-state index contributed by atoms with van der Waals surface area (Å²) in [6.07, 6.45) is 6.40. The van der Waals surface area contributed by atoms with Crippen LogP contribution in [0.4, 0.5) is 16.3 Å². The zero-order valence-electron chi connectivity index (χ0n) is 18.5. The second-order valence-electron chi connectivity index (χ2n) is 8.86. The zero-order chi connectivity index (χ0) is 23.7. The Bertz CT molecular complexity index is 1300. The van der Waals surface area contributed by atoms with Crippen molar-refractivity contribution in [3.05, 3.63) is 86.8 Å². The Kier molecular flexibility index (Phi) is 6.45. The summed E-state index contributed by atoms with van der Waals surface area (Å²) in [6.45, 7) is 8.28. The van der Waals surface area contributed by atoms with Crippen LogP contribution in [0.5, 0.6) is 0 Å². The van der Waals surface area contributed by atoms with E-state index in [1.807, 2.05) is 36.4 Å². The van der Waals surface area contributed by atoms with Crippen LogP contribution in [0.3, 0.4) is 0 Å². The van der Waals surface area contributed by atoms with Crippen LogP contribution in [0.1, 0.15) is 48.3 Å². The number of hydrogen-bond donors (Lipinski definition) is 1. The summed E-state index contributed by atoms with van der Waals surface area (Å²) >= 11 is 12.4. The van der Waals surface area contributed by atoms with Crippen molar-refractivity contribution in [1.82, 2.24) is 4.98 Å². The maximum absolute atomic E-state index is 12.4. The monoisotopic (exact) mass is 491 g/mol. The van der Waals surface area contributed by atoms with Gasteiger partial charge < -0.3 is 4.74 Å². The third-order valence-corrected chi connectivity index (χ3v) is 7.50. The molecule has 0 aliphatic heterocycles. The van der Waals surface area contributed by atoms with Gasteiger partial charge in [-0.1, -0.05) is 66.4 Å². The van der Waals surface area contributed by atoms with Gasteiger partial charge in [0.2, 0.25) is 5.69 Å². The lowest BCUT2D eigenvalue weighted by molar-refractivity contribution is 0.142. The molecule has 1 unspecified atom stereocenters. The van der Waals surface area contributed by atoms with E-state index in [2.05, 4.69) is 21.2 Å². The Morgan fingerprint density at radius 1 is 1.15 bits per heavy atom. The zero-order valence-corrected chi connectivity index (χ0v) is 20.0. The van der Waals surface area contributed by atoms with Crippen molar-refractivity contribution in [2.24, 2.45) is 5.92 Å². The number of pyridine rings is 1. The topological polar surface area (TPSA) is 55.6 Å². The molecule has 0 radical (unpaired) electrons. The second-order valence-corrected chi connectivity index (χ2v) is 9.67. The van der Waals surface area contributed by atoms with Crippen LogP contribution in [0.25, 0.3) is 16.0 Å². The van der Waals surface area contributed by atoms with Crippen LogP contribution in [-0.2, 0) is 11.2 Å². The average Bonchev–Trinajstić information content (AvgIpc) is 3.38. The molecule has 5 rings (SSSR count). The van der Waals surface area contributed by atoms with Gasteiger partial charge in [0.15, 0.2) is 0 Å². The molecule has 1 N–H and O–H groups in total. The van der Waals surface area contributed by atoms with Gasteiger partial charge in [0.1, 0.15) is 5.82 Å². The van der Waals surface area contributed by atoms with Crippen molar-refractivity contribution < 1.29 is 9.53 Å². The Balaban J connectivity index is 1.47. The second kappa shape index (κ2) is 9.66. The van der Waals surface area contributed by atoms with Gasteiger partial charge in [-0.25, -0.2) is 9.64 Å². The number of ether oxygens (including phenoxy) is 1. The lowest BCUT2D eigenvalue weighted by Gasteiger charge is -2.29. The maximum Gasteiger partial charge on any atom is 0.411 e. The number of halogens is 2. The first-order chi connectivity index (χ1) is 16.5. The van der Waals surface area contributed by atoms with Crippen LogP contribution >= 0.6 is 23.2 Å². The molecule has 0 bridgehead atoms. The fourth-order valence-electron chi connectivity index (χ4n) is 5.08. The van der Waals surface area contributed by atoms with Gasteiger partial charge in [-0.05, 0) is 65.1 Å². The number of amides is 1. The number of nitrogens with zero attached hydrogens (tertiary/aromatic N) is 2. The van der Waals surface area contributed by atoms with Gasteiger partial charge in [0, 0.05) is 12.1 Å². The molecular formula is C27H23Cl2N3O2. The van der Waals surface area contributed by atoms with Crippen LogP contribution in [0.2, 0.25) is 10.0 Å². The number of fused-ring (bicyclic) bond motifs is 3. The standard InChI is InChI=1S/C27H23Cl2N3O2/c1-30-25-24-18(14-31-26(25)32-27(33)34-15-16-6-2-3-7-16)12-21(19-8-4-5-9-20(19)24)17-10-11-22(28)23(29)13-17/h4-5,8-11,13-14,16,21H,2-3,6-7,12,15H2,(H,31,32,33). The maximum atomic E-state index is 12.4. The molecule has 1 amide bonds. The number of hydrogen-bond acceptors (Lipinski definition) is 3. The van der Waals surface area contributed by atoms with Gasteiger partial charge in [0.25, 0.3) is 0 Å². The molecule has 34 heavy (non-hydrogen) atoms. The van der Waals surface area contributed by atoms with E-state index in [4.69, 9.17) is 34.5 Å². The first kappa shape index (κ1) is 22.7. The van der Waals surface area contributed by atoms with Crippen molar-refractivity contribution in [2.45, 2.75) is 38.0 Å². The predicted octanol–water partition coefficient (Wildman–Crippen LogP) is 8.03. The van der Waals surface area contributed by atoms with Crippen LogP contribution in [-0.4, -0.2) is 17.7 Å². The predicted molar refractivity (Wildman–Crippen MR) is 135 cm³/mol. The lowest BCUT2D eigenvalue weighted by Crippen LogP contribution is -2.19. The molecule has 3 aromatic rings. The van der Waals surface area contributed by atoms with E-state index in [-0.39, 0.29) is 11.7 Å². The van der Waals surface area contributed by atoms with E-state index in [9.17, 15) is 4.79 Å². The summed E-state index contributed by atoms with van der Waals surface area (Å²) in [7, 11) is 0. The van der Waals surface area contributed by atoms with Crippen LogP contribution in [0.15, 0.2) is 48.7 Å². The highest BCUT2D eigenvalue weighted by atomic mass is 35.5. The molecule has 0 spiro atoms. The minimum absolute atomic E-state index is 0.0500. The van der Waals surface area contributed by atoms with Gasteiger partial charge >= 0.3 is 6.09 Å². The number of anilines is 1.